The molecule has 1 atom stereocenters. The molecular weight excluding hydrogens is 328 g/mol. The van der Waals surface area contributed by atoms with Crippen molar-refractivity contribution >= 4 is 17.5 Å². The number of terminal acetylenes is 1. The molecule has 4 rings (SSSR count). The van der Waals surface area contributed by atoms with Gasteiger partial charge in [0.2, 0.25) is 5.72 Å². The number of anilines is 1. The Morgan fingerprint density at radius 1 is 1.27 bits per heavy atom. The summed E-state index contributed by atoms with van der Waals surface area (Å²) in [6, 6.07) is 12.8. The Kier molecular flexibility index (Phi) is 3.35. The Hall–Kier alpha value is -3.26. The maximum atomic E-state index is 11.0. The smallest absolute Gasteiger partial charge is 0.270 e. The molecule has 2 aromatic carbocycles. The van der Waals surface area contributed by atoms with Crippen LogP contribution in [0.1, 0.15) is 25.0 Å². The van der Waals surface area contributed by atoms with E-state index in [1.807, 2.05) is 30.4 Å². The summed E-state index contributed by atoms with van der Waals surface area (Å²) in [5, 5.41) is 11.0. The fourth-order valence-electron chi connectivity index (χ4n) is 4.00. The molecule has 0 fully saturated rings. The van der Waals surface area contributed by atoms with Crippen LogP contribution in [0.25, 0.3) is 6.08 Å². The van der Waals surface area contributed by atoms with Crippen LogP contribution in [0.5, 0.6) is 5.75 Å². The van der Waals surface area contributed by atoms with E-state index in [9.17, 15) is 10.1 Å². The first-order chi connectivity index (χ1) is 12.4. The van der Waals surface area contributed by atoms with Gasteiger partial charge in [-0.1, -0.05) is 24.1 Å². The van der Waals surface area contributed by atoms with Crippen molar-refractivity contribution in [2.75, 3.05) is 11.4 Å². The lowest BCUT2D eigenvalue weighted by Gasteiger charge is -2.46. The normalized spacial score (nSPS) is 21.7. The van der Waals surface area contributed by atoms with E-state index in [4.69, 9.17) is 11.2 Å². The standard InChI is InChI=1S/C21H18N2O3/c1-4-13-22-18-8-6-5-7-17(18)20(2,3)21(22)12-11-15-14-16(23(24)25)9-10-19(15)26-21/h1,5-12,14H,13H2,2-3H3. The molecule has 0 aromatic heterocycles. The van der Waals surface area contributed by atoms with Crippen LogP contribution in [-0.4, -0.2) is 17.2 Å². The van der Waals surface area contributed by atoms with Crippen LogP contribution < -0.4 is 9.64 Å². The summed E-state index contributed by atoms with van der Waals surface area (Å²) in [5.41, 5.74) is 1.79. The predicted molar refractivity (Wildman–Crippen MR) is 101 cm³/mol. The molecule has 0 amide bonds. The van der Waals surface area contributed by atoms with Crippen molar-refractivity contribution in [3.05, 3.63) is 69.8 Å². The molecule has 0 radical (unpaired) electrons. The molecule has 2 heterocycles. The number of nitrogens with zero attached hydrogens (tertiary/aromatic N) is 2. The first kappa shape index (κ1) is 16.2. The van der Waals surface area contributed by atoms with E-state index in [1.165, 1.54) is 12.1 Å². The monoisotopic (exact) mass is 346 g/mol. The molecule has 2 aliphatic heterocycles. The lowest BCUT2D eigenvalue weighted by molar-refractivity contribution is -0.384. The zero-order valence-electron chi connectivity index (χ0n) is 14.6. The van der Waals surface area contributed by atoms with Gasteiger partial charge >= 0.3 is 0 Å². The number of para-hydroxylation sites is 1. The minimum atomic E-state index is -0.786. The Bertz CT molecular complexity index is 987. The minimum absolute atomic E-state index is 0.0439. The van der Waals surface area contributed by atoms with Crippen molar-refractivity contribution in [3.8, 4) is 18.1 Å². The topological polar surface area (TPSA) is 55.6 Å². The van der Waals surface area contributed by atoms with Crippen molar-refractivity contribution in [1.82, 2.24) is 0 Å². The Labute approximate surface area is 152 Å². The number of hydrogen-bond donors (Lipinski definition) is 0. The SMILES string of the molecule is C#CCN1c2ccccc2C(C)(C)C12C=Cc1cc([N+](=O)[O-])ccc1O2. The lowest BCUT2D eigenvalue weighted by Crippen LogP contribution is -2.59. The van der Waals surface area contributed by atoms with E-state index in [2.05, 4.69) is 30.7 Å². The molecule has 0 saturated carbocycles. The highest BCUT2D eigenvalue weighted by molar-refractivity contribution is 5.73. The summed E-state index contributed by atoms with van der Waals surface area (Å²) in [5.74, 6) is 3.34. The largest absolute Gasteiger partial charge is 0.463 e. The zero-order chi connectivity index (χ0) is 18.5. The second kappa shape index (κ2) is 5.37. The van der Waals surface area contributed by atoms with Gasteiger partial charge < -0.3 is 9.64 Å². The first-order valence-corrected chi connectivity index (χ1v) is 8.38. The van der Waals surface area contributed by atoms with Gasteiger partial charge in [-0.05, 0) is 43.7 Å². The predicted octanol–water partition coefficient (Wildman–Crippen LogP) is 4.13. The van der Waals surface area contributed by atoms with Gasteiger partial charge in [0.1, 0.15) is 5.75 Å². The number of non-ortho nitro benzene ring substituents is 1. The highest BCUT2D eigenvalue weighted by atomic mass is 16.6. The highest BCUT2D eigenvalue weighted by Gasteiger charge is 2.58. The van der Waals surface area contributed by atoms with Crippen molar-refractivity contribution in [2.45, 2.75) is 25.0 Å². The summed E-state index contributed by atoms with van der Waals surface area (Å²) in [4.78, 5) is 12.7. The van der Waals surface area contributed by atoms with Gasteiger partial charge in [-0.25, -0.2) is 0 Å². The number of ether oxygens (including phenoxy) is 1. The van der Waals surface area contributed by atoms with E-state index in [1.54, 1.807) is 6.07 Å². The third kappa shape index (κ3) is 1.99. The van der Waals surface area contributed by atoms with E-state index < -0.39 is 10.6 Å². The number of nitro benzene ring substituents is 1. The molecule has 130 valence electrons. The van der Waals surface area contributed by atoms with Gasteiger partial charge in [-0.2, -0.15) is 0 Å². The van der Waals surface area contributed by atoms with Crippen LogP contribution in [0.3, 0.4) is 0 Å². The fourth-order valence-corrected chi connectivity index (χ4v) is 4.00. The second-order valence-electron chi connectivity index (χ2n) is 7.04. The molecule has 1 spiro atoms. The zero-order valence-corrected chi connectivity index (χ0v) is 14.6. The van der Waals surface area contributed by atoms with Crippen LogP contribution in [0.15, 0.2) is 48.5 Å². The van der Waals surface area contributed by atoms with Crippen LogP contribution >= 0.6 is 0 Å². The molecule has 0 N–H and O–H groups in total. The highest BCUT2D eigenvalue weighted by Crippen LogP contribution is 2.54. The number of hydrogen-bond acceptors (Lipinski definition) is 4. The van der Waals surface area contributed by atoms with Gasteiger partial charge in [0, 0.05) is 23.4 Å². The summed E-state index contributed by atoms with van der Waals surface area (Å²) < 4.78 is 6.50. The molecule has 5 heteroatoms. The molecule has 2 aromatic rings. The van der Waals surface area contributed by atoms with E-state index in [0.717, 1.165) is 11.3 Å². The summed E-state index contributed by atoms with van der Waals surface area (Å²) in [6.07, 6.45) is 9.51. The van der Waals surface area contributed by atoms with Crippen LogP contribution in [0.2, 0.25) is 0 Å². The van der Waals surface area contributed by atoms with Crippen molar-refractivity contribution < 1.29 is 9.66 Å². The van der Waals surface area contributed by atoms with Gasteiger partial charge in [0.25, 0.3) is 5.69 Å². The third-order valence-electron chi connectivity index (χ3n) is 5.37. The quantitative estimate of drug-likeness (QED) is 0.466. The fraction of sp³-hybridized carbons (Fsp3) is 0.238. The Morgan fingerprint density at radius 3 is 2.77 bits per heavy atom. The number of fused-ring (bicyclic) bond motifs is 2. The van der Waals surface area contributed by atoms with Crippen LogP contribution in [-0.2, 0) is 5.41 Å². The molecule has 1 unspecified atom stereocenters. The Morgan fingerprint density at radius 2 is 2.04 bits per heavy atom. The lowest BCUT2D eigenvalue weighted by atomic mass is 9.76. The van der Waals surface area contributed by atoms with E-state index in [-0.39, 0.29) is 11.1 Å². The van der Waals surface area contributed by atoms with Crippen molar-refractivity contribution in [1.29, 1.82) is 0 Å². The number of benzene rings is 2. The van der Waals surface area contributed by atoms with Crippen molar-refractivity contribution in [2.24, 2.45) is 0 Å². The average molecular weight is 346 g/mol. The molecule has 0 saturated heterocycles. The molecule has 0 bridgehead atoms. The second-order valence-corrected chi connectivity index (χ2v) is 7.04. The van der Waals surface area contributed by atoms with Gasteiger partial charge in [0.15, 0.2) is 0 Å². The number of rotatable bonds is 2. The van der Waals surface area contributed by atoms with E-state index >= 15 is 0 Å². The van der Waals surface area contributed by atoms with Crippen LogP contribution in [0.4, 0.5) is 11.4 Å². The molecular formula is C21H18N2O3. The molecule has 0 aliphatic carbocycles. The van der Waals surface area contributed by atoms with Gasteiger partial charge in [0.05, 0.1) is 16.9 Å². The minimum Gasteiger partial charge on any atom is -0.463 e. The van der Waals surface area contributed by atoms with E-state index in [0.29, 0.717) is 17.9 Å². The summed E-state index contributed by atoms with van der Waals surface area (Å²) in [6.45, 7) is 4.65. The molecule has 2 aliphatic rings. The average Bonchev–Trinajstić information content (AvgIpc) is 2.81. The first-order valence-electron chi connectivity index (χ1n) is 8.38. The molecule has 5 nitrogen and oxygen atoms in total. The maximum absolute atomic E-state index is 11.0. The molecule has 26 heavy (non-hydrogen) atoms. The van der Waals surface area contributed by atoms with Crippen molar-refractivity contribution in [3.63, 3.8) is 0 Å². The number of nitro groups is 1. The summed E-state index contributed by atoms with van der Waals surface area (Å²) >= 11 is 0. The maximum Gasteiger partial charge on any atom is 0.270 e. The van der Waals surface area contributed by atoms with Crippen LogP contribution in [0, 0.1) is 22.5 Å². The Balaban J connectivity index is 1.87. The third-order valence-corrected chi connectivity index (χ3v) is 5.37. The summed E-state index contributed by atoms with van der Waals surface area (Å²) in [7, 11) is 0. The van der Waals surface area contributed by atoms with Gasteiger partial charge in [-0.15, -0.1) is 6.42 Å². The van der Waals surface area contributed by atoms with Gasteiger partial charge in [-0.3, -0.25) is 10.1 Å².